The molecule has 0 N–H and O–H groups in total. The standard InChI is InChI=1S/C18H12ClF3N2/c1-2-15-11-17(12-6-8-14(19)9-7-12)23-24(15)16-5-3-4-13(10-16)18(20,21)22/h2-11H,1H2. The molecule has 0 unspecified atom stereocenters. The van der Waals surface area contributed by atoms with Crippen LogP contribution in [0.25, 0.3) is 23.0 Å². The lowest BCUT2D eigenvalue weighted by Gasteiger charge is -2.10. The highest BCUT2D eigenvalue weighted by atomic mass is 35.5. The van der Waals surface area contributed by atoms with E-state index in [-0.39, 0.29) is 0 Å². The Hall–Kier alpha value is -2.53. The average molecular weight is 349 g/mol. The zero-order valence-electron chi connectivity index (χ0n) is 12.4. The molecule has 0 aliphatic heterocycles. The van der Waals surface area contributed by atoms with Gasteiger partial charge in [-0.25, -0.2) is 4.68 Å². The molecular formula is C18H12ClF3N2. The molecule has 2 aromatic carbocycles. The summed E-state index contributed by atoms with van der Waals surface area (Å²) in [5.41, 5.74) is 1.63. The summed E-state index contributed by atoms with van der Waals surface area (Å²) in [7, 11) is 0. The van der Waals surface area contributed by atoms with E-state index in [2.05, 4.69) is 11.7 Å². The van der Waals surface area contributed by atoms with Crippen LogP contribution in [0.4, 0.5) is 13.2 Å². The van der Waals surface area contributed by atoms with Crippen LogP contribution in [0.15, 0.2) is 61.2 Å². The minimum absolute atomic E-state index is 0.319. The summed E-state index contributed by atoms with van der Waals surface area (Å²) < 4.78 is 40.2. The van der Waals surface area contributed by atoms with Crippen LogP contribution in [0.1, 0.15) is 11.3 Å². The first kappa shape index (κ1) is 16.3. The molecule has 0 spiro atoms. The lowest BCUT2D eigenvalue weighted by Crippen LogP contribution is -2.07. The van der Waals surface area contributed by atoms with Gasteiger partial charge < -0.3 is 0 Å². The minimum atomic E-state index is -4.41. The van der Waals surface area contributed by atoms with Crippen molar-refractivity contribution in [3.63, 3.8) is 0 Å². The molecule has 3 rings (SSSR count). The molecule has 1 heterocycles. The molecule has 6 heteroatoms. The molecule has 2 nitrogen and oxygen atoms in total. The van der Waals surface area contributed by atoms with Gasteiger partial charge in [-0.05, 0) is 42.5 Å². The van der Waals surface area contributed by atoms with Crippen molar-refractivity contribution in [3.8, 4) is 16.9 Å². The Kier molecular flexibility index (Phi) is 4.20. The molecule has 0 bridgehead atoms. The van der Waals surface area contributed by atoms with Crippen LogP contribution < -0.4 is 0 Å². The zero-order valence-corrected chi connectivity index (χ0v) is 13.1. The van der Waals surface area contributed by atoms with Gasteiger partial charge >= 0.3 is 6.18 Å². The van der Waals surface area contributed by atoms with Crippen molar-refractivity contribution in [2.24, 2.45) is 0 Å². The highest BCUT2D eigenvalue weighted by Crippen LogP contribution is 2.31. The summed E-state index contributed by atoms with van der Waals surface area (Å²) in [5, 5.41) is 5.01. The van der Waals surface area contributed by atoms with Crippen LogP contribution in [0.2, 0.25) is 5.02 Å². The van der Waals surface area contributed by atoms with Crippen molar-refractivity contribution < 1.29 is 13.2 Å². The van der Waals surface area contributed by atoms with Crippen LogP contribution in [-0.2, 0) is 6.18 Å². The smallest absolute Gasteiger partial charge is 0.233 e. The first-order chi connectivity index (χ1) is 11.4. The first-order valence-electron chi connectivity index (χ1n) is 7.04. The second kappa shape index (κ2) is 6.17. The Balaban J connectivity index is 2.08. The Morgan fingerprint density at radius 2 is 1.75 bits per heavy atom. The first-order valence-corrected chi connectivity index (χ1v) is 7.42. The summed E-state index contributed by atoms with van der Waals surface area (Å²) in [5.74, 6) is 0. The minimum Gasteiger partial charge on any atom is -0.233 e. The van der Waals surface area contributed by atoms with Gasteiger partial charge in [-0.3, -0.25) is 0 Å². The highest BCUT2D eigenvalue weighted by Gasteiger charge is 2.30. The number of hydrogen-bond acceptors (Lipinski definition) is 1. The van der Waals surface area contributed by atoms with E-state index >= 15 is 0 Å². The van der Waals surface area contributed by atoms with Crippen molar-refractivity contribution in [1.82, 2.24) is 9.78 Å². The van der Waals surface area contributed by atoms with Crippen LogP contribution in [-0.4, -0.2) is 9.78 Å². The molecule has 0 aliphatic rings. The molecule has 122 valence electrons. The molecule has 24 heavy (non-hydrogen) atoms. The van der Waals surface area contributed by atoms with Crippen LogP contribution in [0, 0.1) is 0 Å². The van der Waals surface area contributed by atoms with Crippen molar-refractivity contribution in [2.75, 3.05) is 0 Å². The van der Waals surface area contributed by atoms with Gasteiger partial charge in [0.25, 0.3) is 0 Å². The van der Waals surface area contributed by atoms with Gasteiger partial charge in [0, 0.05) is 10.6 Å². The van der Waals surface area contributed by atoms with Gasteiger partial charge in [-0.1, -0.05) is 36.4 Å². The number of alkyl halides is 3. The van der Waals surface area contributed by atoms with Crippen molar-refractivity contribution in [3.05, 3.63) is 77.5 Å². The normalized spacial score (nSPS) is 11.5. The van der Waals surface area contributed by atoms with Crippen molar-refractivity contribution >= 4 is 17.7 Å². The Labute approximate surface area is 141 Å². The Bertz CT molecular complexity index is 880. The molecule has 0 aliphatic carbocycles. The van der Waals surface area contributed by atoms with E-state index in [4.69, 9.17) is 11.6 Å². The topological polar surface area (TPSA) is 17.8 Å². The molecule has 0 saturated heterocycles. The van der Waals surface area contributed by atoms with E-state index in [0.717, 1.165) is 17.7 Å². The molecule has 0 amide bonds. The van der Waals surface area contributed by atoms with Crippen LogP contribution in [0.5, 0.6) is 0 Å². The third-order valence-electron chi connectivity index (χ3n) is 3.50. The molecular weight excluding hydrogens is 337 g/mol. The highest BCUT2D eigenvalue weighted by molar-refractivity contribution is 6.30. The van der Waals surface area contributed by atoms with Gasteiger partial charge in [0.1, 0.15) is 0 Å². The summed E-state index contributed by atoms with van der Waals surface area (Å²) in [6, 6.07) is 13.8. The van der Waals surface area contributed by atoms with Gasteiger partial charge in [0.05, 0.1) is 22.6 Å². The van der Waals surface area contributed by atoms with Gasteiger partial charge in [-0.2, -0.15) is 18.3 Å². The predicted molar refractivity (Wildman–Crippen MR) is 89.1 cm³/mol. The fourth-order valence-corrected chi connectivity index (χ4v) is 2.45. The van der Waals surface area contributed by atoms with E-state index in [9.17, 15) is 13.2 Å². The lowest BCUT2D eigenvalue weighted by atomic mass is 10.1. The van der Waals surface area contributed by atoms with E-state index in [1.807, 2.05) is 0 Å². The van der Waals surface area contributed by atoms with Crippen molar-refractivity contribution in [1.29, 1.82) is 0 Å². The summed E-state index contributed by atoms with van der Waals surface area (Å²) >= 11 is 5.87. The number of hydrogen-bond donors (Lipinski definition) is 0. The number of aromatic nitrogens is 2. The molecule has 0 radical (unpaired) electrons. The Morgan fingerprint density at radius 1 is 1.04 bits per heavy atom. The quantitative estimate of drug-likeness (QED) is 0.580. The second-order valence-electron chi connectivity index (χ2n) is 5.13. The molecule has 0 saturated carbocycles. The average Bonchev–Trinajstić information content (AvgIpc) is 2.99. The second-order valence-corrected chi connectivity index (χ2v) is 5.56. The Morgan fingerprint density at radius 3 is 2.38 bits per heavy atom. The SMILES string of the molecule is C=Cc1cc(-c2ccc(Cl)cc2)nn1-c1cccc(C(F)(F)F)c1. The third kappa shape index (κ3) is 3.21. The molecule has 1 aromatic heterocycles. The van der Waals surface area contributed by atoms with E-state index in [0.29, 0.717) is 22.1 Å². The fraction of sp³-hybridized carbons (Fsp3) is 0.0556. The monoisotopic (exact) mass is 348 g/mol. The maximum absolute atomic E-state index is 12.9. The maximum atomic E-state index is 12.9. The van der Waals surface area contributed by atoms with E-state index in [1.54, 1.807) is 42.5 Å². The summed E-state index contributed by atoms with van der Waals surface area (Å²) in [6.07, 6.45) is -2.86. The largest absolute Gasteiger partial charge is 0.416 e. The van der Waals surface area contributed by atoms with Gasteiger partial charge in [0.15, 0.2) is 0 Å². The maximum Gasteiger partial charge on any atom is 0.416 e. The fourth-order valence-electron chi connectivity index (χ4n) is 2.32. The van der Waals surface area contributed by atoms with Gasteiger partial charge in [-0.15, -0.1) is 0 Å². The summed E-state index contributed by atoms with van der Waals surface area (Å²) in [4.78, 5) is 0. The zero-order chi connectivity index (χ0) is 17.3. The molecule has 3 aromatic rings. The van der Waals surface area contributed by atoms with E-state index < -0.39 is 11.7 Å². The van der Waals surface area contributed by atoms with E-state index in [1.165, 1.54) is 10.7 Å². The summed E-state index contributed by atoms with van der Waals surface area (Å²) in [6.45, 7) is 3.71. The lowest BCUT2D eigenvalue weighted by molar-refractivity contribution is -0.137. The van der Waals surface area contributed by atoms with Gasteiger partial charge in [0.2, 0.25) is 0 Å². The number of rotatable bonds is 3. The molecule has 0 atom stereocenters. The number of benzene rings is 2. The van der Waals surface area contributed by atoms with Crippen LogP contribution >= 0.6 is 11.6 Å². The van der Waals surface area contributed by atoms with Crippen molar-refractivity contribution in [2.45, 2.75) is 6.18 Å². The predicted octanol–water partition coefficient (Wildman–Crippen LogP) is 5.85. The number of nitrogens with zero attached hydrogens (tertiary/aromatic N) is 2. The third-order valence-corrected chi connectivity index (χ3v) is 3.76. The molecule has 0 fully saturated rings. The number of halogens is 4. The van der Waals surface area contributed by atoms with Crippen LogP contribution in [0.3, 0.4) is 0 Å².